The molecule has 0 saturated heterocycles. The molecule has 5 rings (SSSR count). The maximum Gasteiger partial charge on any atom is 0.146 e. The monoisotopic (exact) mass is 355 g/mol. The van der Waals surface area contributed by atoms with E-state index < -0.39 is 22.2 Å². The average Bonchev–Trinajstić information content (AvgIpc) is 3.28. The lowest BCUT2D eigenvalue weighted by Gasteiger charge is -2.52. The first-order valence-electron chi connectivity index (χ1n) is 9.53. The first-order chi connectivity index (χ1) is 12.9. The molecule has 3 heteroatoms. The fraction of sp³-hybridized carbons (Fsp3) is 0.375. The minimum absolute atomic E-state index is 0.0973. The van der Waals surface area contributed by atoms with Gasteiger partial charge in [-0.15, -0.1) is 0 Å². The summed E-state index contributed by atoms with van der Waals surface area (Å²) in [4.78, 5) is 27.4. The van der Waals surface area contributed by atoms with Crippen molar-refractivity contribution in [2.45, 2.75) is 25.7 Å². The predicted molar refractivity (Wildman–Crippen MR) is 101 cm³/mol. The van der Waals surface area contributed by atoms with E-state index in [1.54, 1.807) is 0 Å². The van der Waals surface area contributed by atoms with E-state index >= 15 is 0 Å². The number of fused-ring (bicyclic) bond motifs is 2. The summed E-state index contributed by atoms with van der Waals surface area (Å²) in [7, 11) is 0. The summed E-state index contributed by atoms with van der Waals surface area (Å²) in [5.74, 6) is -0.906. The van der Waals surface area contributed by atoms with Gasteiger partial charge in [0.25, 0.3) is 0 Å². The van der Waals surface area contributed by atoms with Gasteiger partial charge in [-0.25, -0.2) is 0 Å². The Hall–Kier alpha value is -2.73. The minimum atomic E-state index is -0.785. The number of Topliss-reactive ketones (excluding diaryl/α,β-unsaturated/α-hetero) is 2. The molecule has 0 spiro atoms. The van der Waals surface area contributed by atoms with Crippen LogP contribution in [-0.4, -0.2) is 11.6 Å². The van der Waals surface area contributed by atoms with Gasteiger partial charge in [-0.2, -0.15) is 5.26 Å². The van der Waals surface area contributed by atoms with E-state index in [2.05, 4.69) is 6.07 Å². The topological polar surface area (TPSA) is 57.9 Å². The second kappa shape index (κ2) is 4.95. The van der Waals surface area contributed by atoms with Crippen LogP contribution in [0, 0.1) is 39.9 Å². The Morgan fingerprint density at radius 2 is 1.41 bits per heavy atom. The fourth-order valence-corrected chi connectivity index (χ4v) is 6.40. The summed E-state index contributed by atoms with van der Waals surface area (Å²) in [5, 5.41) is 9.48. The number of carbonyl (C=O) groups excluding carboxylic acids is 2. The highest BCUT2D eigenvalue weighted by Crippen LogP contribution is 2.80. The van der Waals surface area contributed by atoms with Gasteiger partial charge in [-0.1, -0.05) is 74.5 Å². The molecule has 2 aromatic rings. The van der Waals surface area contributed by atoms with Crippen molar-refractivity contribution in [2.75, 3.05) is 0 Å². The van der Waals surface area contributed by atoms with Gasteiger partial charge in [-0.3, -0.25) is 9.59 Å². The van der Waals surface area contributed by atoms with Crippen LogP contribution in [0.4, 0.5) is 0 Å². The maximum atomic E-state index is 13.7. The summed E-state index contributed by atoms with van der Waals surface area (Å²) < 4.78 is 0. The van der Waals surface area contributed by atoms with Crippen molar-refractivity contribution in [1.82, 2.24) is 0 Å². The molecule has 0 aliphatic heterocycles. The van der Waals surface area contributed by atoms with Crippen LogP contribution < -0.4 is 0 Å². The van der Waals surface area contributed by atoms with Crippen molar-refractivity contribution in [3.05, 3.63) is 71.8 Å². The van der Waals surface area contributed by atoms with E-state index in [9.17, 15) is 14.9 Å². The van der Waals surface area contributed by atoms with Crippen molar-refractivity contribution < 1.29 is 9.59 Å². The van der Waals surface area contributed by atoms with E-state index in [4.69, 9.17) is 0 Å². The van der Waals surface area contributed by atoms with E-state index in [0.717, 1.165) is 11.1 Å². The van der Waals surface area contributed by atoms with Crippen molar-refractivity contribution in [3.63, 3.8) is 0 Å². The first kappa shape index (κ1) is 16.4. The normalized spacial score (nSPS) is 38.2. The molecule has 3 saturated carbocycles. The maximum absolute atomic E-state index is 13.7. The highest BCUT2D eigenvalue weighted by Gasteiger charge is 2.87. The molecule has 0 radical (unpaired) electrons. The van der Waals surface area contributed by atoms with Gasteiger partial charge in [0, 0.05) is 22.7 Å². The summed E-state index contributed by atoms with van der Waals surface area (Å²) in [5.41, 5.74) is -0.0728. The van der Waals surface area contributed by atoms with Gasteiger partial charge in [0.1, 0.15) is 11.6 Å². The molecule has 5 atom stereocenters. The predicted octanol–water partition coefficient (Wildman–Crippen LogP) is 3.93. The first-order valence-corrected chi connectivity index (χ1v) is 9.53. The molecule has 0 unspecified atom stereocenters. The van der Waals surface area contributed by atoms with Crippen LogP contribution in [-0.2, 0) is 15.0 Å². The summed E-state index contributed by atoms with van der Waals surface area (Å²) in [6.45, 7) is 3.84. The molecule has 3 fully saturated rings. The molecule has 0 aromatic heterocycles. The zero-order valence-corrected chi connectivity index (χ0v) is 15.5. The largest absolute Gasteiger partial charge is 0.299 e. The lowest BCUT2D eigenvalue weighted by Crippen LogP contribution is -2.59. The second-order valence-electron chi connectivity index (χ2n) is 8.74. The Morgan fingerprint density at radius 3 is 1.89 bits per heavy atom. The molecule has 2 aromatic carbocycles. The SMILES string of the molecule is C[C@]12C(=O)[C@@H]3[C@H](C#N)C[C@]3(C)C(=O)[C@H]1C2(c1ccccc1)c1ccccc1. The van der Waals surface area contributed by atoms with Crippen LogP contribution in [0.2, 0.25) is 0 Å². The molecule has 3 aliphatic rings. The highest BCUT2D eigenvalue weighted by atomic mass is 16.2. The molecule has 0 N–H and O–H groups in total. The average molecular weight is 355 g/mol. The minimum Gasteiger partial charge on any atom is -0.299 e. The van der Waals surface area contributed by atoms with Crippen molar-refractivity contribution in [1.29, 1.82) is 5.26 Å². The molecule has 0 bridgehead atoms. The molecular formula is C24H21NO2. The Kier molecular flexibility index (Phi) is 3.02. The van der Waals surface area contributed by atoms with Gasteiger partial charge >= 0.3 is 0 Å². The van der Waals surface area contributed by atoms with Gasteiger partial charge in [-0.05, 0) is 17.5 Å². The second-order valence-corrected chi connectivity index (χ2v) is 8.74. The zero-order chi connectivity index (χ0) is 19.0. The summed E-state index contributed by atoms with van der Waals surface area (Å²) in [6, 6.07) is 22.2. The number of hydrogen-bond acceptors (Lipinski definition) is 3. The molecular weight excluding hydrogens is 334 g/mol. The summed E-state index contributed by atoms with van der Waals surface area (Å²) >= 11 is 0. The molecule has 0 amide bonds. The quantitative estimate of drug-likeness (QED) is 0.820. The number of benzene rings is 2. The summed E-state index contributed by atoms with van der Waals surface area (Å²) in [6.07, 6.45) is 0.505. The number of nitrogens with zero attached hydrogens (tertiary/aromatic N) is 1. The third-order valence-corrected chi connectivity index (χ3v) is 7.72. The van der Waals surface area contributed by atoms with Crippen molar-refractivity contribution in [2.24, 2.45) is 28.6 Å². The van der Waals surface area contributed by atoms with Crippen LogP contribution in [0.5, 0.6) is 0 Å². The number of carbonyl (C=O) groups is 2. The Balaban J connectivity index is 1.77. The van der Waals surface area contributed by atoms with E-state index in [-0.39, 0.29) is 23.4 Å². The molecule has 134 valence electrons. The van der Waals surface area contributed by atoms with E-state index in [1.165, 1.54) is 0 Å². The van der Waals surface area contributed by atoms with Crippen molar-refractivity contribution >= 4 is 11.6 Å². The Labute approximate surface area is 159 Å². The number of rotatable bonds is 2. The highest BCUT2D eigenvalue weighted by molar-refractivity contribution is 6.13. The van der Waals surface area contributed by atoms with Crippen LogP contribution in [0.1, 0.15) is 31.4 Å². The van der Waals surface area contributed by atoms with Gasteiger partial charge in [0.15, 0.2) is 0 Å². The molecule has 3 nitrogen and oxygen atoms in total. The van der Waals surface area contributed by atoms with Crippen LogP contribution in [0.3, 0.4) is 0 Å². The molecule has 3 aliphatic carbocycles. The van der Waals surface area contributed by atoms with Crippen LogP contribution in [0.25, 0.3) is 0 Å². The third-order valence-electron chi connectivity index (χ3n) is 7.72. The standard InChI is InChI=1S/C24H21NO2/c1-22-13-15(14-25)18(22)20(26)23(2)19(21(22)27)24(23,16-9-5-3-6-10-16)17-11-7-4-8-12-17/h3-12,15,18-19H,13H2,1-2H3/t15-,18-,19+,22-,23+/m0/s1. The molecule has 27 heavy (non-hydrogen) atoms. The van der Waals surface area contributed by atoms with Crippen LogP contribution >= 0.6 is 0 Å². The van der Waals surface area contributed by atoms with Crippen molar-refractivity contribution in [3.8, 4) is 6.07 Å². The Bertz CT molecular complexity index is 966. The van der Waals surface area contributed by atoms with Gasteiger partial charge in [0.05, 0.1) is 17.4 Å². The lowest BCUT2D eigenvalue weighted by molar-refractivity contribution is -0.162. The zero-order valence-electron chi connectivity index (χ0n) is 15.5. The smallest absolute Gasteiger partial charge is 0.146 e. The number of hydrogen-bond donors (Lipinski definition) is 0. The van der Waals surface area contributed by atoms with E-state index in [1.807, 2.05) is 74.5 Å². The number of nitriles is 1. The third kappa shape index (κ3) is 1.59. The lowest BCUT2D eigenvalue weighted by atomic mass is 9.47. The van der Waals surface area contributed by atoms with Crippen LogP contribution in [0.15, 0.2) is 60.7 Å². The fourth-order valence-electron chi connectivity index (χ4n) is 6.40. The van der Waals surface area contributed by atoms with E-state index in [0.29, 0.717) is 6.42 Å². The number of ketones is 2. The van der Waals surface area contributed by atoms with Gasteiger partial charge < -0.3 is 0 Å². The molecule has 0 heterocycles. The van der Waals surface area contributed by atoms with Gasteiger partial charge in [0.2, 0.25) is 0 Å². The Morgan fingerprint density at radius 1 is 0.889 bits per heavy atom.